The van der Waals surface area contributed by atoms with Gasteiger partial charge in [-0.2, -0.15) is 0 Å². The van der Waals surface area contributed by atoms with E-state index in [2.05, 4.69) is 13.8 Å². The third-order valence-corrected chi connectivity index (χ3v) is 15.1. The molecule has 0 saturated heterocycles. The van der Waals surface area contributed by atoms with E-state index >= 15 is 0 Å². The van der Waals surface area contributed by atoms with Crippen molar-refractivity contribution in [3.63, 3.8) is 0 Å². The lowest BCUT2D eigenvalue weighted by molar-refractivity contribution is -0.184. The molecular weight excluding hydrogens is 921 g/mol. The molecule has 0 bridgehead atoms. The molecule has 0 heterocycles. The van der Waals surface area contributed by atoms with Crippen LogP contribution in [0.3, 0.4) is 0 Å². The topological polar surface area (TPSA) is 105 Å². The van der Waals surface area contributed by atoms with Gasteiger partial charge in [0.25, 0.3) is 0 Å². The quantitative estimate of drug-likeness (QED) is 0.0257. The second-order valence-corrected chi connectivity index (χ2v) is 22.7. The van der Waals surface area contributed by atoms with E-state index in [9.17, 15) is 19.2 Å². The minimum atomic E-state index is -0.823. The van der Waals surface area contributed by atoms with Gasteiger partial charge in [-0.25, -0.2) is 0 Å². The maximum Gasteiger partial charge on any atom is 0.308 e. The Bertz CT molecular complexity index is 1090. The van der Waals surface area contributed by atoms with Crippen LogP contribution in [0.25, 0.3) is 0 Å². The molecule has 438 valence electrons. The Labute approximate surface area is 460 Å². The van der Waals surface area contributed by atoms with Gasteiger partial charge in [-0.05, 0) is 38.5 Å². The van der Waals surface area contributed by atoms with E-state index in [1.165, 1.54) is 244 Å². The van der Waals surface area contributed by atoms with Crippen LogP contribution in [0.5, 0.6) is 0 Å². The average molecular weight is 1050 g/mol. The van der Waals surface area contributed by atoms with Gasteiger partial charge in [-0.15, -0.1) is 0 Å². The van der Waals surface area contributed by atoms with E-state index in [0.717, 1.165) is 89.9 Å². The summed E-state index contributed by atoms with van der Waals surface area (Å²) in [6, 6.07) is 0. The van der Waals surface area contributed by atoms with Crippen LogP contribution in [0.1, 0.15) is 380 Å². The fraction of sp³-hybridized carbons (Fsp3) is 0.939. The molecule has 0 spiro atoms. The largest absolute Gasteiger partial charge is 0.466 e. The van der Waals surface area contributed by atoms with Crippen LogP contribution >= 0.6 is 0 Å². The molecule has 8 heteroatoms. The van der Waals surface area contributed by atoms with Crippen molar-refractivity contribution in [1.29, 1.82) is 0 Å². The average Bonchev–Trinajstić information content (AvgIpc) is 3.38. The Hall–Kier alpha value is -2.12. The van der Waals surface area contributed by atoms with Crippen molar-refractivity contribution in [2.24, 2.45) is 0 Å². The molecule has 0 aromatic heterocycles. The molecule has 0 aliphatic carbocycles. The Kier molecular flexibility index (Phi) is 60.0. The Morgan fingerprint density at radius 3 is 0.595 bits per heavy atom. The van der Waals surface area contributed by atoms with E-state index in [1.807, 2.05) is 0 Å². The number of hydrogen-bond acceptors (Lipinski definition) is 8. The fourth-order valence-corrected chi connectivity index (χ4v) is 10.2. The first-order valence-electron chi connectivity index (χ1n) is 33.1. The zero-order valence-corrected chi connectivity index (χ0v) is 49.9. The van der Waals surface area contributed by atoms with E-state index in [1.54, 1.807) is 6.92 Å². The third-order valence-electron chi connectivity index (χ3n) is 15.1. The standard InChI is InChI=1S/C66H126O8/c1-4-6-8-10-12-14-16-20-26-32-38-44-50-56-63(67)71-60-54-48-42-36-30-24-18-22-28-34-40-46-52-58-65(69)73-62(3)74-66(70)59-53-47-41-35-29-23-19-25-31-37-43-49-55-61-72-64(68)57-51-45-39-33-27-21-17-15-13-11-9-7-5-2/h62H,4-61H2,1-3H3. The molecule has 0 aromatic rings. The third kappa shape index (κ3) is 60.7. The van der Waals surface area contributed by atoms with Crippen LogP contribution in [0, 0.1) is 0 Å². The highest BCUT2D eigenvalue weighted by molar-refractivity contribution is 5.71. The molecule has 0 fully saturated rings. The second kappa shape index (κ2) is 61.7. The predicted molar refractivity (Wildman–Crippen MR) is 313 cm³/mol. The van der Waals surface area contributed by atoms with E-state index < -0.39 is 6.29 Å². The summed E-state index contributed by atoms with van der Waals surface area (Å²) in [4.78, 5) is 48.6. The van der Waals surface area contributed by atoms with Crippen LogP contribution in [-0.4, -0.2) is 43.4 Å². The number of rotatable bonds is 62. The highest BCUT2D eigenvalue weighted by atomic mass is 16.7. The molecule has 0 N–H and O–H groups in total. The minimum Gasteiger partial charge on any atom is -0.466 e. The van der Waals surface area contributed by atoms with Crippen LogP contribution < -0.4 is 0 Å². The summed E-state index contributed by atoms with van der Waals surface area (Å²) in [7, 11) is 0. The van der Waals surface area contributed by atoms with Crippen LogP contribution in [0.2, 0.25) is 0 Å². The Morgan fingerprint density at radius 2 is 0.392 bits per heavy atom. The van der Waals surface area contributed by atoms with Gasteiger partial charge in [0.05, 0.1) is 13.2 Å². The van der Waals surface area contributed by atoms with Gasteiger partial charge in [0, 0.05) is 32.6 Å². The van der Waals surface area contributed by atoms with Crippen molar-refractivity contribution in [1.82, 2.24) is 0 Å². The Balaban J connectivity index is 3.37. The maximum absolute atomic E-state index is 12.3. The highest BCUT2D eigenvalue weighted by Crippen LogP contribution is 2.18. The van der Waals surface area contributed by atoms with Crippen molar-refractivity contribution >= 4 is 23.9 Å². The van der Waals surface area contributed by atoms with Gasteiger partial charge < -0.3 is 18.9 Å². The van der Waals surface area contributed by atoms with E-state index in [-0.39, 0.29) is 23.9 Å². The summed E-state index contributed by atoms with van der Waals surface area (Å²) in [6.07, 6.45) is 66.0. The van der Waals surface area contributed by atoms with Crippen LogP contribution in [-0.2, 0) is 38.1 Å². The zero-order valence-electron chi connectivity index (χ0n) is 49.9. The zero-order chi connectivity index (χ0) is 53.7. The van der Waals surface area contributed by atoms with Crippen molar-refractivity contribution in [2.45, 2.75) is 387 Å². The molecule has 0 rings (SSSR count). The summed E-state index contributed by atoms with van der Waals surface area (Å²) >= 11 is 0. The Morgan fingerprint density at radius 1 is 0.230 bits per heavy atom. The number of hydrogen-bond donors (Lipinski definition) is 0. The van der Waals surface area contributed by atoms with Gasteiger partial charge in [0.15, 0.2) is 0 Å². The summed E-state index contributed by atoms with van der Waals surface area (Å²) in [5, 5.41) is 0. The number of carbonyl (C=O) groups excluding carboxylic acids is 4. The predicted octanol–water partition coefficient (Wildman–Crippen LogP) is 21.4. The van der Waals surface area contributed by atoms with Crippen molar-refractivity contribution < 1.29 is 38.1 Å². The molecule has 0 radical (unpaired) electrons. The first-order chi connectivity index (χ1) is 36.4. The molecule has 0 amide bonds. The number of carbonyl (C=O) groups is 4. The van der Waals surface area contributed by atoms with Gasteiger partial charge in [-0.1, -0.05) is 309 Å². The number of ether oxygens (including phenoxy) is 4. The summed E-state index contributed by atoms with van der Waals surface area (Å²) < 4.78 is 21.6. The van der Waals surface area contributed by atoms with E-state index in [0.29, 0.717) is 38.9 Å². The molecule has 0 aliphatic heterocycles. The first kappa shape index (κ1) is 71.9. The molecule has 0 atom stereocenters. The van der Waals surface area contributed by atoms with E-state index in [4.69, 9.17) is 18.9 Å². The minimum absolute atomic E-state index is 0.00793. The number of esters is 4. The van der Waals surface area contributed by atoms with Crippen molar-refractivity contribution in [3.05, 3.63) is 0 Å². The highest BCUT2D eigenvalue weighted by Gasteiger charge is 2.14. The van der Waals surface area contributed by atoms with Gasteiger partial charge in [0.2, 0.25) is 6.29 Å². The molecule has 0 aromatic carbocycles. The molecular formula is C66H126O8. The molecule has 0 saturated carbocycles. The van der Waals surface area contributed by atoms with Gasteiger partial charge in [-0.3, -0.25) is 19.2 Å². The SMILES string of the molecule is CCCCCCCCCCCCCCCC(=O)OCCCCCCCCCCCCCCCC(=O)OC(C)OC(=O)CCCCCCCCCCCCCCCOC(=O)CCCCCCCCCCCCCCC. The van der Waals surface area contributed by atoms with Gasteiger partial charge in [0.1, 0.15) is 0 Å². The number of unbranched alkanes of at least 4 members (excludes halogenated alkanes) is 48. The molecule has 74 heavy (non-hydrogen) atoms. The first-order valence-corrected chi connectivity index (χ1v) is 33.1. The normalized spacial score (nSPS) is 11.4. The lowest BCUT2D eigenvalue weighted by Gasteiger charge is -2.14. The molecule has 8 nitrogen and oxygen atoms in total. The lowest BCUT2D eigenvalue weighted by Crippen LogP contribution is -2.21. The summed E-state index contributed by atoms with van der Waals surface area (Å²) in [5.74, 6) is -0.578. The second-order valence-electron chi connectivity index (χ2n) is 22.7. The van der Waals surface area contributed by atoms with Gasteiger partial charge >= 0.3 is 23.9 Å². The van der Waals surface area contributed by atoms with Crippen molar-refractivity contribution in [2.75, 3.05) is 13.2 Å². The molecule has 0 unspecified atom stereocenters. The van der Waals surface area contributed by atoms with Crippen LogP contribution in [0.15, 0.2) is 0 Å². The summed E-state index contributed by atoms with van der Waals surface area (Å²) in [5.41, 5.74) is 0. The molecule has 0 aliphatic rings. The maximum atomic E-state index is 12.3. The smallest absolute Gasteiger partial charge is 0.308 e. The lowest BCUT2D eigenvalue weighted by atomic mass is 10.0. The fourth-order valence-electron chi connectivity index (χ4n) is 10.2. The monoisotopic (exact) mass is 1050 g/mol. The van der Waals surface area contributed by atoms with Crippen molar-refractivity contribution in [3.8, 4) is 0 Å². The van der Waals surface area contributed by atoms with Crippen LogP contribution in [0.4, 0.5) is 0 Å². The summed E-state index contributed by atoms with van der Waals surface area (Å²) in [6.45, 7) is 7.36.